The van der Waals surface area contributed by atoms with Crippen molar-refractivity contribution >= 4 is 12.1 Å². The van der Waals surface area contributed by atoms with Gasteiger partial charge in [-0.2, -0.15) is 5.10 Å². The molecule has 1 atom stereocenters. The number of carboxylic acid groups (broad SMARTS) is 1. The SMILES string of the molecule is C[C@H](NC(=O)OC(C)(C)C)c1n[nH]c(CC(=O)O)n1. The molecule has 8 nitrogen and oxygen atoms in total. The van der Waals surface area contributed by atoms with Crippen molar-refractivity contribution in [3.8, 4) is 0 Å². The molecule has 0 fully saturated rings. The average molecular weight is 270 g/mol. The normalized spacial score (nSPS) is 12.8. The summed E-state index contributed by atoms with van der Waals surface area (Å²) in [6, 6.07) is -0.478. The van der Waals surface area contributed by atoms with Crippen LogP contribution in [-0.2, 0) is 16.0 Å². The highest BCUT2D eigenvalue weighted by atomic mass is 16.6. The molecule has 0 aliphatic carbocycles. The number of hydrogen-bond donors (Lipinski definition) is 3. The number of hydrogen-bond acceptors (Lipinski definition) is 5. The standard InChI is InChI=1S/C11H18N4O4/c1-6(12-10(18)19-11(2,3)4)9-13-7(14-15-9)5-8(16)17/h6H,5H2,1-4H3,(H,12,18)(H,16,17)(H,13,14,15)/t6-/m0/s1. The molecule has 0 radical (unpaired) electrons. The number of ether oxygens (including phenoxy) is 1. The molecule has 19 heavy (non-hydrogen) atoms. The zero-order valence-corrected chi connectivity index (χ0v) is 11.4. The minimum Gasteiger partial charge on any atom is -0.481 e. The summed E-state index contributed by atoms with van der Waals surface area (Å²) in [4.78, 5) is 26.0. The molecule has 1 heterocycles. The number of alkyl carbamates (subject to hydrolysis) is 1. The molecule has 1 amide bonds. The van der Waals surface area contributed by atoms with E-state index in [-0.39, 0.29) is 12.2 Å². The highest BCUT2D eigenvalue weighted by Gasteiger charge is 2.20. The number of carboxylic acids is 1. The van der Waals surface area contributed by atoms with Gasteiger partial charge in [0.2, 0.25) is 0 Å². The van der Waals surface area contributed by atoms with E-state index in [1.165, 1.54) is 0 Å². The molecule has 0 unspecified atom stereocenters. The van der Waals surface area contributed by atoms with E-state index < -0.39 is 23.7 Å². The second-order valence-electron chi connectivity index (χ2n) is 5.08. The van der Waals surface area contributed by atoms with E-state index >= 15 is 0 Å². The molecule has 8 heteroatoms. The van der Waals surface area contributed by atoms with Gasteiger partial charge >= 0.3 is 12.1 Å². The number of carbonyl (C=O) groups excluding carboxylic acids is 1. The van der Waals surface area contributed by atoms with Gasteiger partial charge in [0.15, 0.2) is 5.82 Å². The molecule has 1 aromatic heterocycles. The van der Waals surface area contributed by atoms with Crippen LogP contribution in [0.4, 0.5) is 4.79 Å². The Kier molecular flexibility index (Phi) is 4.47. The lowest BCUT2D eigenvalue weighted by Crippen LogP contribution is -2.34. The van der Waals surface area contributed by atoms with E-state index in [0.717, 1.165) is 0 Å². The molecule has 0 aliphatic heterocycles. The number of aliphatic carboxylic acids is 1. The summed E-state index contributed by atoms with van der Waals surface area (Å²) in [7, 11) is 0. The van der Waals surface area contributed by atoms with Crippen LogP contribution in [0.25, 0.3) is 0 Å². The summed E-state index contributed by atoms with van der Waals surface area (Å²) in [6.45, 7) is 6.96. The van der Waals surface area contributed by atoms with Crippen LogP contribution in [0, 0.1) is 0 Å². The third kappa shape index (κ3) is 5.36. The second kappa shape index (κ2) is 5.68. The minimum atomic E-state index is -1.00. The van der Waals surface area contributed by atoms with Gasteiger partial charge in [-0.15, -0.1) is 0 Å². The minimum absolute atomic E-state index is 0.236. The van der Waals surface area contributed by atoms with Crippen LogP contribution >= 0.6 is 0 Å². The summed E-state index contributed by atoms with van der Waals surface area (Å²) in [5.74, 6) is -0.460. The van der Waals surface area contributed by atoms with Gasteiger partial charge in [0, 0.05) is 0 Å². The van der Waals surface area contributed by atoms with Gasteiger partial charge in [-0.05, 0) is 27.7 Å². The maximum Gasteiger partial charge on any atom is 0.408 e. The van der Waals surface area contributed by atoms with E-state index in [4.69, 9.17) is 9.84 Å². The number of aromatic amines is 1. The molecule has 0 saturated carbocycles. The van der Waals surface area contributed by atoms with Gasteiger partial charge in [-0.25, -0.2) is 9.78 Å². The first-order valence-electron chi connectivity index (χ1n) is 5.80. The largest absolute Gasteiger partial charge is 0.481 e. The van der Waals surface area contributed by atoms with Crippen molar-refractivity contribution in [1.82, 2.24) is 20.5 Å². The predicted octanol–water partition coefficient (Wildman–Crippen LogP) is 1.02. The average Bonchev–Trinajstić information content (AvgIpc) is 2.61. The lowest BCUT2D eigenvalue weighted by atomic mass is 10.2. The summed E-state index contributed by atoms with van der Waals surface area (Å²) < 4.78 is 5.09. The quantitative estimate of drug-likeness (QED) is 0.751. The summed E-state index contributed by atoms with van der Waals surface area (Å²) in [5, 5.41) is 17.5. The summed E-state index contributed by atoms with van der Waals surface area (Å²) in [6.07, 6.45) is -0.823. The second-order valence-corrected chi connectivity index (χ2v) is 5.08. The van der Waals surface area contributed by atoms with Gasteiger partial charge in [0.05, 0.1) is 6.04 Å². The maximum absolute atomic E-state index is 11.5. The van der Waals surface area contributed by atoms with Gasteiger partial charge in [-0.1, -0.05) is 0 Å². The topological polar surface area (TPSA) is 117 Å². The third-order valence-electron chi connectivity index (χ3n) is 1.99. The Morgan fingerprint density at radius 3 is 2.63 bits per heavy atom. The number of rotatable bonds is 4. The fraction of sp³-hybridized carbons (Fsp3) is 0.636. The first-order chi connectivity index (χ1) is 8.67. The monoisotopic (exact) mass is 270 g/mol. The number of aromatic nitrogens is 3. The Morgan fingerprint density at radius 2 is 2.11 bits per heavy atom. The van der Waals surface area contributed by atoms with Crippen molar-refractivity contribution in [2.45, 2.75) is 45.8 Å². The van der Waals surface area contributed by atoms with Crippen LogP contribution in [0.3, 0.4) is 0 Å². The third-order valence-corrected chi connectivity index (χ3v) is 1.99. The molecule has 0 saturated heterocycles. The Hall–Kier alpha value is -2.12. The zero-order valence-electron chi connectivity index (χ0n) is 11.4. The molecule has 106 valence electrons. The number of H-pyrrole nitrogens is 1. The number of nitrogens with one attached hydrogen (secondary N) is 2. The Bertz CT molecular complexity index is 464. The summed E-state index contributed by atoms with van der Waals surface area (Å²) >= 11 is 0. The first kappa shape index (κ1) is 14.9. The van der Waals surface area contributed by atoms with E-state index in [9.17, 15) is 9.59 Å². The number of nitrogens with zero attached hydrogens (tertiary/aromatic N) is 2. The van der Waals surface area contributed by atoms with E-state index in [2.05, 4.69) is 20.5 Å². The first-order valence-corrected chi connectivity index (χ1v) is 5.80. The van der Waals surface area contributed by atoms with Crippen molar-refractivity contribution in [1.29, 1.82) is 0 Å². The molecular formula is C11H18N4O4. The van der Waals surface area contributed by atoms with Crippen LogP contribution < -0.4 is 5.32 Å². The molecule has 0 bridgehead atoms. The van der Waals surface area contributed by atoms with Crippen LogP contribution in [0.1, 0.15) is 45.4 Å². The highest BCUT2D eigenvalue weighted by molar-refractivity contribution is 5.69. The number of carbonyl (C=O) groups is 2. The van der Waals surface area contributed by atoms with Gasteiger partial charge < -0.3 is 15.2 Å². The molecule has 3 N–H and O–H groups in total. The molecule has 0 aromatic carbocycles. The van der Waals surface area contributed by atoms with Crippen molar-refractivity contribution in [3.63, 3.8) is 0 Å². The lowest BCUT2D eigenvalue weighted by Gasteiger charge is -2.21. The molecule has 0 aliphatic rings. The molecule has 1 rings (SSSR count). The van der Waals surface area contributed by atoms with Crippen LogP contribution in [0.2, 0.25) is 0 Å². The molecule has 1 aromatic rings. The maximum atomic E-state index is 11.5. The van der Waals surface area contributed by atoms with Crippen molar-refractivity contribution < 1.29 is 19.4 Å². The van der Waals surface area contributed by atoms with Crippen LogP contribution in [0.15, 0.2) is 0 Å². The Balaban J connectivity index is 2.58. The van der Waals surface area contributed by atoms with E-state index in [0.29, 0.717) is 5.82 Å². The van der Waals surface area contributed by atoms with Crippen LogP contribution in [0.5, 0.6) is 0 Å². The van der Waals surface area contributed by atoms with Gasteiger partial charge in [0.1, 0.15) is 17.8 Å². The lowest BCUT2D eigenvalue weighted by molar-refractivity contribution is -0.136. The van der Waals surface area contributed by atoms with Crippen molar-refractivity contribution in [2.24, 2.45) is 0 Å². The van der Waals surface area contributed by atoms with Gasteiger partial charge in [0.25, 0.3) is 0 Å². The number of amides is 1. The highest BCUT2D eigenvalue weighted by Crippen LogP contribution is 2.10. The van der Waals surface area contributed by atoms with Gasteiger partial charge in [-0.3, -0.25) is 9.89 Å². The fourth-order valence-corrected chi connectivity index (χ4v) is 1.27. The van der Waals surface area contributed by atoms with E-state index in [1.54, 1.807) is 27.7 Å². The predicted molar refractivity (Wildman–Crippen MR) is 65.5 cm³/mol. The fourth-order valence-electron chi connectivity index (χ4n) is 1.27. The molecular weight excluding hydrogens is 252 g/mol. The molecule has 0 spiro atoms. The van der Waals surface area contributed by atoms with E-state index in [1.807, 2.05) is 0 Å². The smallest absolute Gasteiger partial charge is 0.408 e. The Labute approximate surface area is 110 Å². The van der Waals surface area contributed by atoms with Crippen molar-refractivity contribution in [3.05, 3.63) is 11.6 Å². The van der Waals surface area contributed by atoms with Crippen LogP contribution in [-0.4, -0.2) is 38.0 Å². The zero-order chi connectivity index (χ0) is 14.6. The summed E-state index contributed by atoms with van der Waals surface area (Å²) in [5.41, 5.74) is -0.586. The Morgan fingerprint density at radius 1 is 1.47 bits per heavy atom. The van der Waals surface area contributed by atoms with Crippen molar-refractivity contribution in [2.75, 3.05) is 0 Å².